The van der Waals surface area contributed by atoms with E-state index in [1.165, 1.54) is 0 Å². The Bertz CT molecular complexity index is 624. The molecule has 0 aliphatic carbocycles. The van der Waals surface area contributed by atoms with Gasteiger partial charge in [-0.05, 0) is 18.6 Å². The lowest BCUT2D eigenvalue weighted by molar-refractivity contribution is 0.438. The van der Waals surface area contributed by atoms with Crippen LogP contribution in [0.15, 0.2) is 17.0 Å². The zero-order valence-corrected chi connectivity index (χ0v) is 11.9. The lowest BCUT2D eigenvalue weighted by Crippen LogP contribution is -2.33. The van der Waals surface area contributed by atoms with E-state index >= 15 is 0 Å². The van der Waals surface area contributed by atoms with Gasteiger partial charge in [0.2, 0.25) is 10.0 Å². The van der Waals surface area contributed by atoms with Gasteiger partial charge in [-0.3, -0.25) is 0 Å². The summed E-state index contributed by atoms with van der Waals surface area (Å²) in [6.45, 7) is 1.32. The second-order valence-electron chi connectivity index (χ2n) is 4.08. The van der Waals surface area contributed by atoms with Gasteiger partial charge in [0.25, 0.3) is 0 Å². The predicted octanol–water partition coefficient (Wildman–Crippen LogP) is 1.46. The van der Waals surface area contributed by atoms with E-state index in [0.29, 0.717) is 6.42 Å². The largest absolute Gasteiger partial charge is 0.326 e. The van der Waals surface area contributed by atoms with Gasteiger partial charge in [0, 0.05) is 18.7 Å². The summed E-state index contributed by atoms with van der Waals surface area (Å²) >= 11 is 0. The van der Waals surface area contributed by atoms with Crippen molar-refractivity contribution in [2.24, 2.45) is 5.73 Å². The molecule has 2 N–H and O–H groups in total. The van der Waals surface area contributed by atoms with Gasteiger partial charge < -0.3 is 5.73 Å². The van der Waals surface area contributed by atoms with Crippen molar-refractivity contribution < 1.29 is 17.2 Å². The smallest absolute Gasteiger partial charge is 0.246 e. The third kappa shape index (κ3) is 3.15. The van der Waals surface area contributed by atoms with E-state index in [1.807, 2.05) is 0 Å². The van der Waals surface area contributed by atoms with Crippen LogP contribution in [0.3, 0.4) is 0 Å². The molecule has 0 aliphatic heterocycles. The Hall–Kier alpha value is -1.49. The van der Waals surface area contributed by atoms with Crippen molar-refractivity contribution in [3.05, 3.63) is 29.3 Å². The van der Waals surface area contributed by atoms with E-state index in [9.17, 15) is 17.2 Å². The second kappa shape index (κ2) is 6.79. The quantitative estimate of drug-likeness (QED) is 0.809. The van der Waals surface area contributed by atoms with Crippen LogP contribution >= 0.6 is 0 Å². The van der Waals surface area contributed by atoms with Gasteiger partial charge in [-0.1, -0.05) is 12.8 Å². The van der Waals surface area contributed by atoms with E-state index in [1.54, 1.807) is 6.92 Å². The second-order valence-corrected chi connectivity index (χ2v) is 5.99. The summed E-state index contributed by atoms with van der Waals surface area (Å²) in [6.07, 6.45) is 5.64. The number of sulfonamides is 1. The van der Waals surface area contributed by atoms with Crippen molar-refractivity contribution in [2.45, 2.75) is 24.8 Å². The van der Waals surface area contributed by atoms with Gasteiger partial charge in [0.1, 0.15) is 10.7 Å². The number of halogens is 2. The zero-order valence-electron chi connectivity index (χ0n) is 11.1. The summed E-state index contributed by atoms with van der Waals surface area (Å²) < 4.78 is 53.1. The first-order valence-electron chi connectivity index (χ1n) is 6.00. The summed E-state index contributed by atoms with van der Waals surface area (Å²) in [7, 11) is -4.11. The molecule has 0 aliphatic rings. The first-order chi connectivity index (χ1) is 9.39. The van der Waals surface area contributed by atoms with Crippen molar-refractivity contribution >= 4 is 10.0 Å². The summed E-state index contributed by atoms with van der Waals surface area (Å²) in [4.78, 5) is -0.608. The maximum Gasteiger partial charge on any atom is 0.246 e. The summed E-state index contributed by atoms with van der Waals surface area (Å²) in [6, 6.07) is 1.77. The number of rotatable bonds is 6. The lowest BCUT2D eigenvalue weighted by Gasteiger charge is -2.20. The minimum atomic E-state index is -4.11. The van der Waals surface area contributed by atoms with Crippen LogP contribution in [0.1, 0.15) is 18.9 Å². The van der Waals surface area contributed by atoms with Gasteiger partial charge in [0.05, 0.1) is 6.54 Å². The van der Waals surface area contributed by atoms with Crippen molar-refractivity contribution in [1.29, 1.82) is 0 Å². The normalized spacial score (nSPS) is 11.6. The minimum absolute atomic E-state index is 0.154. The van der Waals surface area contributed by atoms with Crippen LogP contribution < -0.4 is 5.73 Å². The molecule has 0 spiro atoms. The van der Waals surface area contributed by atoms with Crippen molar-refractivity contribution in [3.63, 3.8) is 0 Å². The first kappa shape index (κ1) is 16.6. The van der Waals surface area contributed by atoms with E-state index in [0.717, 1.165) is 16.4 Å². The fourth-order valence-corrected chi connectivity index (χ4v) is 3.27. The number of benzene rings is 1. The van der Waals surface area contributed by atoms with Crippen LogP contribution in [0.2, 0.25) is 0 Å². The average Bonchev–Trinajstić information content (AvgIpc) is 2.38. The standard InChI is InChI=1S/C13H16F2N2O2S/c1-3-7-17(8-4-2)20(18,19)12-6-5-11(14)10(9-16)13(12)15/h1,5-6H,4,7-9,16H2,2H3. The van der Waals surface area contributed by atoms with E-state index in [2.05, 4.69) is 5.92 Å². The molecule has 1 rings (SSSR count). The Balaban J connectivity index is 3.38. The molecule has 0 saturated carbocycles. The number of hydrogen-bond donors (Lipinski definition) is 1. The van der Waals surface area contributed by atoms with E-state index in [4.69, 9.17) is 12.2 Å². The maximum absolute atomic E-state index is 14.1. The topological polar surface area (TPSA) is 63.4 Å². The van der Waals surface area contributed by atoms with E-state index in [-0.39, 0.29) is 13.1 Å². The molecule has 7 heteroatoms. The lowest BCUT2D eigenvalue weighted by atomic mass is 10.2. The van der Waals surface area contributed by atoms with Crippen molar-refractivity contribution in [3.8, 4) is 12.3 Å². The Morgan fingerprint density at radius 3 is 2.55 bits per heavy atom. The van der Waals surface area contributed by atoms with Crippen LogP contribution in [0.25, 0.3) is 0 Å². The highest BCUT2D eigenvalue weighted by Crippen LogP contribution is 2.23. The number of terminal acetylenes is 1. The van der Waals surface area contributed by atoms with Crippen LogP contribution in [0.5, 0.6) is 0 Å². The third-order valence-corrected chi connectivity index (χ3v) is 4.58. The molecular formula is C13H16F2N2O2S. The van der Waals surface area contributed by atoms with Gasteiger partial charge in [0.15, 0.2) is 5.82 Å². The molecule has 110 valence electrons. The molecule has 4 nitrogen and oxygen atoms in total. The van der Waals surface area contributed by atoms with Crippen LogP contribution in [-0.2, 0) is 16.6 Å². The van der Waals surface area contributed by atoms with Gasteiger partial charge in [-0.15, -0.1) is 6.42 Å². The van der Waals surface area contributed by atoms with Crippen molar-refractivity contribution in [1.82, 2.24) is 4.31 Å². The summed E-state index contributed by atoms with van der Waals surface area (Å²) in [5.41, 5.74) is 4.78. The number of nitrogens with two attached hydrogens (primary N) is 1. The highest BCUT2D eigenvalue weighted by atomic mass is 32.2. The average molecular weight is 302 g/mol. The van der Waals surface area contributed by atoms with E-state index < -0.39 is 38.7 Å². The van der Waals surface area contributed by atoms with Gasteiger partial charge >= 0.3 is 0 Å². The van der Waals surface area contributed by atoms with Crippen LogP contribution in [0.4, 0.5) is 8.78 Å². The molecule has 0 unspecified atom stereocenters. The summed E-state index contributed by atoms with van der Waals surface area (Å²) in [5, 5.41) is 0. The monoisotopic (exact) mass is 302 g/mol. The van der Waals surface area contributed by atoms with Crippen LogP contribution in [0, 0.1) is 24.0 Å². The fourth-order valence-electron chi connectivity index (χ4n) is 1.74. The Morgan fingerprint density at radius 2 is 2.05 bits per heavy atom. The molecule has 1 aromatic carbocycles. The highest BCUT2D eigenvalue weighted by molar-refractivity contribution is 7.89. The molecular weight excluding hydrogens is 286 g/mol. The first-order valence-corrected chi connectivity index (χ1v) is 7.44. The Kier molecular flexibility index (Phi) is 5.62. The highest BCUT2D eigenvalue weighted by Gasteiger charge is 2.28. The fraction of sp³-hybridized carbons (Fsp3) is 0.385. The van der Waals surface area contributed by atoms with Gasteiger partial charge in [-0.25, -0.2) is 17.2 Å². The molecule has 0 aromatic heterocycles. The number of hydrogen-bond acceptors (Lipinski definition) is 3. The number of nitrogens with zero attached hydrogens (tertiary/aromatic N) is 1. The molecule has 0 heterocycles. The molecule has 0 fully saturated rings. The molecule has 0 atom stereocenters. The molecule has 0 amide bonds. The molecule has 20 heavy (non-hydrogen) atoms. The van der Waals surface area contributed by atoms with Crippen LogP contribution in [-0.4, -0.2) is 25.8 Å². The third-order valence-electron chi connectivity index (χ3n) is 2.71. The Labute approximate surface area is 117 Å². The van der Waals surface area contributed by atoms with Crippen molar-refractivity contribution in [2.75, 3.05) is 13.1 Å². The molecule has 0 bridgehead atoms. The maximum atomic E-state index is 14.1. The SMILES string of the molecule is C#CCN(CCC)S(=O)(=O)c1ccc(F)c(CN)c1F. The molecule has 0 radical (unpaired) electrons. The molecule has 1 aromatic rings. The Morgan fingerprint density at radius 1 is 1.40 bits per heavy atom. The predicted molar refractivity (Wildman–Crippen MR) is 72.1 cm³/mol. The molecule has 0 saturated heterocycles. The zero-order chi connectivity index (χ0) is 15.3. The summed E-state index contributed by atoms with van der Waals surface area (Å²) in [5.74, 6) is 0.180. The minimum Gasteiger partial charge on any atom is -0.326 e. The van der Waals surface area contributed by atoms with Gasteiger partial charge in [-0.2, -0.15) is 4.31 Å².